The van der Waals surface area contributed by atoms with E-state index in [1.807, 2.05) is 54.6 Å². The van der Waals surface area contributed by atoms with Crippen molar-refractivity contribution in [3.8, 4) is 16.9 Å². The molecular weight excluding hydrogens is 386 g/mol. The monoisotopic (exact) mass is 405 g/mol. The number of carbonyl (C=O) groups excluding carboxylic acids is 2. The van der Waals surface area contributed by atoms with Crippen molar-refractivity contribution in [3.63, 3.8) is 0 Å². The van der Waals surface area contributed by atoms with Gasteiger partial charge in [-0.3, -0.25) is 15.4 Å². The SMILES string of the molecule is O=C(NCOc1ccc(-c2ccccc2)cc1)NC(=S)NC(=O)c1ccccc1. The maximum Gasteiger partial charge on any atom is 0.323 e. The largest absolute Gasteiger partial charge is 0.473 e. The van der Waals surface area contributed by atoms with E-state index in [1.54, 1.807) is 30.3 Å². The predicted molar refractivity (Wildman–Crippen MR) is 116 cm³/mol. The molecule has 3 amide bonds. The number of hydrogen-bond donors (Lipinski definition) is 3. The molecule has 0 radical (unpaired) electrons. The molecule has 0 aliphatic heterocycles. The van der Waals surface area contributed by atoms with Gasteiger partial charge >= 0.3 is 6.03 Å². The maximum atomic E-state index is 12.0. The van der Waals surface area contributed by atoms with E-state index in [0.717, 1.165) is 11.1 Å². The Kier molecular flexibility index (Phi) is 6.91. The quantitative estimate of drug-likeness (QED) is 0.447. The molecule has 0 spiro atoms. The Morgan fingerprint density at radius 3 is 2.00 bits per heavy atom. The summed E-state index contributed by atoms with van der Waals surface area (Å²) in [4.78, 5) is 23.8. The van der Waals surface area contributed by atoms with Crippen molar-refractivity contribution in [2.75, 3.05) is 6.73 Å². The van der Waals surface area contributed by atoms with Crippen LogP contribution in [0.4, 0.5) is 4.79 Å². The third-order valence-electron chi connectivity index (χ3n) is 3.92. The van der Waals surface area contributed by atoms with Crippen LogP contribution in [0.5, 0.6) is 5.75 Å². The van der Waals surface area contributed by atoms with Gasteiger partial charge in [-0.2, -0.15) is 0 Å². The van der Waals surface area contributed by atoms with Gasteiger partial charge in [-0.05, 0) is 47.6 Å². The Balaban J connectivity index is 1.40. The van der Waals surface area contributed by atoms with Crippen LogP contribution in [-0.4, -0.2) is 23.8 Å². The summed E-state index contributed by atoms with van der Waals surface area (Å²) in [7, 11) is 0. The van der Waals surface area contributed by atoms with Crippen molar-refractivity contribution in [3.05, 3.63) is 90.5 Å². The first-order chi connectivity index (χ1) is 14.1. The average Bonchev–Trinajstić information content (AvgIpc) is 2.75. The van der Waals surface area contributed by atoms with Gasteiger partial charge in [-0.15, -0.1) is 0 Å². The van der Waals surface area contributed by atoms with E-state index in [1.165, 1.54) is 0 Å². The highest BCUT2D eigenvalue weighted by Gasteiger charge is 2.09. The zero-order valence-corrected chi connectivity index (χ0v) is 16.2. The molecule has 0 aliphatic carbocycles. The number of ether oxygens (including phenoxy) is 1. The summed E-state index contributed by atoms with van der Waals surface area (Å²) in [6, 6.07) is 25.5. The third-order valence-corrected chi connectivity index (χ3v) is 4.13. The summed E-state index contributed by atoms with van der Waals surface area (Å²) in [5.41, 5.74) is 2.63. The molecule has 146 valence electrons. The highest BCUT2D eigenvalue weighted by Crippen LogP contribution is 2.21. The van der Waals surface area contributed by atoms with E-state index in [-0.39, 0.29) is 11.8 Å². The molecule has 0 bridgehead atoms. The minimum absolute atomic E-state index is 0.0498. The van der Waals surface area contributed by atoms with Gasteiger partial charge in [-0.25, -0.2) is 4.79 Å². The topological polar surface area (TPSA) is 79.5 Å². The lowest BCUT2D eigenvalue weighted by Crippen LogP contribution is -2.47. The first-order valence-corrected chi connectivity index (χ1v) is 9.26. The van der Waals surface area contributed by atoms with Crippen molar-refractivity contribution in [2.24, 2.45) is 0 Å². The lowest BCUT2D eigenvalue weighted by atomic mass is 10.1. The third kappa shape index (κ3) is 6.15. The summed E-state index contributed by atoms with van der Waals surface area (Å²) in [5.74, 6) is 0.218. The van der Waals surface area contributed by atoms with Crippen LogP contribution in [0.2, 0.25) is 0 Å². The lowest BCUT2D eigenvalue weighted by molar-refractivity contribution is 0.0977. The van der Waals surface area contributed by atoms with Crippen molar-refractivity contribution in [1.29, 1.82) is 0 Å². The van der Waals surface area contributed by atoms with Crippen LogP contribution in [0.1, 0.15) is 10.4 Å². The van der Waals surface area contributed by atoms with Gasteiger partial charge in [0.05, 0.1) is 0 Å². The van der Waals surface area contributed by atoms with Crippen LogP contribution in [0.25, 0.3) is 11.1 Å². The number of thiocarbonyl (C=S) groups is 1. The van der Waals surface area contributed by atoms with Gasteiger partial charge in [0.1, 0.15) is 5.75 Å². The molecule has 0 aliphatic rings. The van der Waals surface area contributed by atoms with Gasteiger partial charge in [0.15, 0.2) is 11.8 Å². The first kappa shape index (κ1) is 20.0. The molecule has 6 nitrogen and oxygen atoms in total. The van der Waals surface area contributed by atoms with Gasteiger partial charge in [0.2, 0.25) is 0 Å². The highest BCUT2D eigenvalue weighted by atomic mass is 32.1. The first-order valence-electron chi connectivity index (χ1n) is 8.85. The van der Waals surface area contributed by atoms with Gasteiger partial charge < -0.3 is 10.1 Å². The minimum atomic E-state index is -0.579. The summed E-state index contributed by atoms with van der Waals surface area (Å²) in [6.07, 6.45) is 0. The molecule has 3 aromatic carbocycles. The maximum absolute atomic E-state index is 12.0. The van der Waals surface area contributed by atoms with Crippen LogP contribution < -0.4 is 20.7 Å². The van der Waals surface area contributed by atoms with Crippen molar-refractivity contribution in [2.45, 2.75) is 0 Å². The second kappa shape index (κ2) is 10.0. The molecule has 0 fully saturated rings. The van der Waals surface area contributed by atoms with Crippen LogP contribution in [-0.2, 0) is 0 Å². The predicted octanol–water partition coefficient (Wildman–Crippen LogP) is 3.70. The number of benzene rings is 3. The number of urea groups is 1. The normalized spacial score (nSPS) is 9.93. The fourth-order valence-electron chi connectivity index (χ4n) is 2.50. The van der Waals surface area contributed by atoms with Crippen molar-refractivity contribution in [1.82, 2.24) is 16.0 Å². The number of carbonyl (C=O) groups is 2. The molecule has 0 saturated heterocycles. The highest BCUT2D eigenvalue weighted by molar-refractivity contribution is 7.80. The second-order valence-electron chi connectivity index (χ2n) is 5.96. The van der Waals surface area contributed by atoms with Crippen LogP contribution in [0.3, 0.4) is 0 Å². The van der Waals surface area contributed by atoms with Crippen LogP contribution >= 0.6 is 12.2 Å². The molecule has 0 saturated carbocycles. The number of nitrogens with one attached hydrogen (secondary N) is 3. The number of rotatable bonds is 5. The Bertz CT molecular complexity index is 977. The summed E-state index contributed by atoms with van der Waals surface area (Å²) in [5, 5.41) is 7.22. The summed E-state index contributed by atoms with van der Waals surface area (Å²) < 4.78 is 5.50. The molecule has 3 rings (SSSR count). The smallest absolute Gasteiger partial charge is 0.323 e. The molecular formula is C22H19N3O3S. The standard InChI is InChI=1S/C22H19N3O3S/c26-20(18-9-5-2-6-10-18)24-22(29)25-21(27)23-15-28-19-13-11-17(12-14-19)16-7-3-1-4-8-16/h1-14H,15H2,(H3,23,24,25,26,27,29). The molecule has 3 aromatic rings. The molecule has 29 heavy (non-hydrogen) atoms. The Morgan fingerprint density at radius 1 is 0.759 bits per heavy atom. The lowest BCUT2D eigenvalue weighted by Gasteiger charge is -2.11. The van der Waals surface area contributed by atoms with Crippen LogP contribution in [0, 0.1) is 0 Å². The molecule has 3 N–H and O–H groups in total. The minimum Gasteiger partial charge on any atom is -0.473 e. The van der Waals surface area contributed by atoms with E-state index in [2.05, 4.69) is 16.0 Å². The van der Waals surface area contributed by atoms with Crippen molar-refractivity contribution >= 4 is 29.3 Å². The molecule has 7 heteroatoms. The van der Waals surface area contributed by atoms with E-state index < -0.39 is 11.9 Å². The Labute approximate surface area is 173 Å². The van der Waals surface area contributed by atoms with E-state index in [4.69, 9.17) is 17.0 Å². The van der Waals surface area contributed by atoms with Gasteiger partial charge in [0.25, 0.3) is 5.91 Å². The Hall–Kier alpha value is -3.71. The fraction of sp³-hybridized carbons (Fsp3) is 0.0455. The molecule has 0 atom stereocenters. The summed E-state index contributed by atoms with van der Waals surface area (Å²) in [6.45, 7) is -0.0498. The number of amides is 3. The van der Waals surface area contributed by atoms with Gasteiger partial charge in [0, 0.05) is 5.56 Å². The van der Waals surface area contributed by atoms with Crippen molar-refractivity contribution < 1.29 is 14.3 Å². The summed E-state index contributed by atoms with van der Waals surface area (Å²) >= 11 is 4.97. The van der Waals surface area contributed by atoms with E-state index in [9.17, 15) is 9.59 Å². The van der Waals surface area contributed by atoms with Crippen LogP contribution in [0.15, 0.2) is 84.9 Å². The molecule has 0 heterocycles. The number of hydrogen-bond acceptors (Lipinski definition) is 4. The fourth-order valence-corrected chi connectivity index (χ4v) is 2.69. The molecule has 0 aromatic heterocycles. The van der Waals surface area contributed by atoms with Gasteiger partial charge in [-0.1, -0.05) is 60.7 Å². The second-order valence-corrected chi connectivity index (χ2v) is 6.37. The zero-order chi connectivity index (χ0) is 20.5. The zero-order valence-electron chi connectivity index (χ0n) is 15.4. The molecule has 0 unspecified atom stereocenters. The van der Waals surface area contributed by atoms with E-state index >= 15 is 0 Å². The Morgan fingerprint density at radius 2 is 1.34 bits per heavy atom. The van der Waals surface area contributed by atoms with E-state index in [0.29, 0.717) is 11.3 Å². The average molecular weight is 405 g/mol.